The van der Waals surface area contributed by atoms with E-state index in [1.54, 1.807) is 18.3 Å². The summed E-state index contributed by atoms with van der Waals surface area (Å²) in [4.78, 5) is 15.1. The van der Waals surface area contributed by atoms with E-state index in [4.69, 9.17) is 5.41 Å². The average molecular weight is 254 g/mol. The number of anilines is 1. The van der Waals surface area contributed by atoms with Crippen LogP contribution < -0.4 is 5.32 Å². The summed E-state index contributed by atoms with van der Waals surface area (Å²) in [5.74, 6) is 0.177. The van der Waals surface area contributed by atoms with Crippen molar-refractivity contribution in [3.63, 3.8) is 0 Å². The predicted octanol–water partition coefficient (Wildman–Crippen LogP) is 1.99. The lowest BCUT2D eigenvalue weighted by atomic mass is 10.4. The molecule has 0 atom stereocenters. The number of hydrogen-bond donors (Lipinski definition) is 2. The van der Waals surface area contributed by atoms with Crippen molar-refractivity contribution in [2.24, 2.45) is 0 Å². The molecule has 0 spiro atoms. The third-order valence-corrected chi connectivity index (χ3v) is 1.79. The van der Waals surface area contributed by atoms with Crippen molar-refractivity contribution < 1.29 is 4.79 Å². The zero-order valence-electron chi connectivity index (χ0n) is 7.20. The number of pyridine rings is 1. The summed E-state index contributed by atoms with van der Waals surface area (Å²) in [5, 5.41) is 9.23. The maximum atomic E-state index is 11.1. The van der Waals surface area contributed by atoms with E-state index in [0.717, 1.165) is 10.7 Å². The molecule has 1 aromatic rings. The van der Waals surface area contributed by atoms with Gasteiger partial charge in [-0.25, -0.2) is 4.98 Å². The minimum absolute atomic E-state index is 0.302. The first-order chi connectivity index (χ1) is 6.72. The molecular weight excluding hydrogens is 246 g/mol. The number of aromatic nitrogens is 1. The molecule has 1 heterocycles. The standard InChI is InChI=1S/C9H8BrN3O/c10-7-3-4-8(12-6-7)13-9(14)2-1-5-11/h1-6,11H,(H,12,13,14)/b2-1-,11-5?. The van der Waals surface area contributed by atoms with Crippen LogP contribution in [-0.4, -0.2) is 17.1 Å². The quantitative estimate of drug-likeness (QED) is 0.639. The number of hydrogen-bond acceptors (Lipinski definition) is 3. The van der Waals surface area contributed by atoms with Gasteiger partial charge in [0.25, 0.3) is 0 Å². The summed E-state index contributed by atoms with van der Waals surface area (Å²) in [6.45, 7) is 0. The monoisotopic (exact) mass is 253 g/mol. The van der Waals surface area contributed by atoms with Crippen LogP contribution in [0.25, 0.3) is 0 Å². The van der Waals surface area contributed by atoms with E-state index in [-0.39, 0.29) is 5.91 Å². The fourth-order valence-corrected chi connectivity index (χ4v) is 0.988. The van der Waals surface area contributed by atoms with Crippen LogP contribution in [0.1, 0.15) is 0 Å². The molecule has 1 rings (SSSR count). The van der Waals surface area contributed by atoms with E-state index >= 15 is 0 Å². The third kappa shape index (κ3) is 3.49. The van der Waals surface area contributed by atoms with E-state index in [2.05, 4.69) is 26.2 Å². The van der Waals surface area contributed by atoms with E-state index in [1.807, 2.05) is 0 Å². The molecule has 2 N–H and O–H groups in total. The first-order valence-corrected chi connectivity index (χ1v) is 4.61. The van der Waals surface area contributed by atoms with Crippen LogP contribution in [0.5, 0.6) is 0 Å². The minimum Gasteiger partial charge on any atom is -0.309 e. The third-order valence-electron chi connectivity index (χ3n) is 1.32. The Kier molecular flexibility index (Phi) is 4.00. The number of halogens is 1. The summed E-state index contributed by atoms with van der Waals surface area (Å²) in [6.07, 6.45) is 5.23. The van der Waals surface area contributed by atoms with E-state index in [9.17, 15) is 4.79 Å². The van der Waals surface area contributed by atoms with Gasteiger partial charge in [-0.3, -0.25) is 4.79 Å². The van der Waals surface area contributed by atoms with Crippen LogP contribution in [0.3, 0.4) is 0 Å². The number of amides is 1. The van der Waals surface area contributed by atoms with Crippen molar-refractivity contribution in [2.45, 2.75) is 0 Å². The van der Waals surface area contributed by atoms with E-state index < -0.39 is 0 Å². The predicted molar refractivity (Wildman–Crippen MR) is 58.5 cm³/mol. The van der Waals surface area contributed by atoms with Crippen LogP contribution in [0, 0.1) is 5.41 Å². The molecule has 0 aliphatic rings. The summed E-state index contributed by atoms with van der Waals surface area (Å²) >= 11 is 3.23. The van der Waals surface area contributed by atoms with E-state index in [0.29, 0.717) is 5.82 Å². The van der Waals surface area contributed by atoms with Crippen molar-refractivity contribution in [2.75, 3.05) is 5.32 Å². The molecule has 1 aromatic heterocycles. The summed E-state index contributed by atoms with van der Waals surface area (Å²) in [5.41, 5.74) is 0. The van der Waals surface area contributed by atoms with Crippen molar-refractivity contribution in [3.8, 4) is 0 Å². The summed E-state index contributed by atoms with van der Waals surface area (Å²) in [6, 6.07) is 3.46. The highest BCUT2D eigenvalue weighted by atomic mass is 79.9. The molecule has 0 fully saturated rings. The Morgan fingerprint density at radius 2 is 2.36 bits per heavy atom. The Hall–Kier alpha value is -1.49. The molecule has 0 saturated carbocycles. The van der Waals surface area contributed by atoms with Crippen molar-refractivity contribution in [3.05, 3.63) is 35.0 Å². The van der Waals surface area contributed by atoms with Gasteiger partial charge in [-0.1, -0.05) is 0 Å². The lowest BCUT2D eigenvalue weighted by Gasteiger charge is -1.99. The van der Waals surface area contributed by atoms with Crippen LogP contribution >= 0.6 is 15.9 Å². The molecule has 4 nitrogen and oxygen atoms in total. The van der Waals surface area contributed by atoms with Gasteiger partial charge >= 0.3 is 0 Å². The zero-order chi connectivity index (χ0) is 10.4. The van der Waals surface area contributed by atoms with E-state index in [1.165, 1.54) is 12.2 Å². The number of carbonyl (C=O) groups excluding carboxylic acids is 1. The van der Waals surface area contributed by atoms with Crippen LogP contribution in [0.15, 0.2) is 35.0 Å². The number of allylic oxidation sites excluding steroid dienone is 1. The second-order valence-corrected chi connectivity index (χ2v) is 3.29. The average Bonchev–Trinajstić information content (AvgIpc) is 2.18. The van der Waals surface area contributed by atoms with Gasteiger partial charge in [0.15, 0.2) is 0 Å². The molecule has 72 valence electrons. The molecule has 5 heteroatoms. The molecule has 0 aliphatic carbocycles. The first-order valence-electron chi connectivity index (χ1n) is 3.82. The molecule has 0 aliphatic heterocycles. The van der Waals surface area contributed by atoms with Gasteiger partial charge in [-0.05, 0) is 34.1 Å². The molecule has 0 radical (unpaired) electrons. The number of nitrogens with one attached hydrogen (secondary N) is 2. The van der Waals surface area contributed by atoms with Gasteiger partial charge < -0.3 is 10.7 Å². The topological polar surface area (TPSA) is 65.8 Å². The molecule has 1 amide bonds. The highest BCUT2D eigenvalue weighted by Gasteiger charge is 1.97. The number of nitrogens with zero attached hydrogens (tertiary/aromatic N) is 1. The SMILES string of the molecule is N=C/C=C\C(=O)Nc1ccc(Br)cn1. The van der Waals surface area contributed by atoms with Crippen LogP contribution in [0.4, 0.5) is 5.82 Å². The van der Waals surface area contributed by atoms with Crippen LogP contribution in [0.2, 0.25) is 0 Å². The summed E-state index contributed by atoms with van der Waals surface area (Å²) < 4.78 is 0.852. The normalized spacial score (nSPS) is 10.1. The largest absolute Gasteiger partial charge is 0.309 e. The van der Waals surface area contributed by atoms with Crippen LogP contribution in [-0.2, 0) is 4.79 Å². The molecule has 0 unspecified atom stereocenters. The maximum Gasteiger partial charge on any atom is 0.249 e. The fourth-order valence-electron chi connectivity index (χ4n) is 0.753. The fraction of sp³-hybridized carbons (Fsp3) is 0. The van der Waals surface area contributed by atoms with Crippen molar-refractivity contribution in [1.82, 2.24) is 4.98 Å². The van der Waals surface area contributed by atoms with Gasteiger partial charge in [0.2, 0.25) is 5.91 Å². The van der Waals surface area contributed by atoms with Gasteiger partial charge in [0.1, 0.15) is 5.82 Å². The molecule has 0 saturated heterocycles. The van der Waals surface area contributed by atoms with Gasteiger partial charge in [-0.15, -0.1) is 0 Å². The highest BCUT2D eigenvalue weighted by Crippen LogP contribution is 2.10. The Labute approximate surface area is 89.7 Å². The summed E-state index contributed by atoms with van der Waals surface area (Å²) in [7, 11) is 0. The van der Waals surface area contributed by atoms with Crippen molar-refractivity contribution in [1.29, 1.82) is 5.41 Å². The molecule has 0 aromatic carbocycles. The number of rotatable bonds is 3. The molecular formula is C9H8BrN3O. The highest BCUT2D eigenvalue weighted by molar-refractivity contribution is 9.10. The van der Waals surface area contributed by atoms with Gasteiger partial charge in [0, 0.05) is 23.0 Å². The Balaban J connectivity index is 2.60. The first kappa shape index (κ1) is 10.6. The Bertz CT molecular complexity index is 359. The zero-order valence-corrected chi connectivity index (χ0v) is 8.78. The second-order valence-electron chi connectivity index (χ2n) is 2.38. The molecule has 0 bridgehead atoms. The molecule has 14 heavy (non-hydrogen) atoms. The Morgan fingerprint density at radius 1 is 1.57 bits per heavy atom. The van der Waals surface area contributed by atoms with Gasteiger partial charge in [-0.2, -0.15) is 0 Å². The van der Waals surface area contributed by atoms with Gasteiger partial charge in [0.05, 0.1) is 0 Å². The van der Waals surface area contributed by atoms with Crippen molar-refractivity contribution >= 4 is 33.9 Å². The Morgan fingerprint density at radius 3 is 2.93 bits per heavy atom. The second kappa shape index (κ2) is 5.29. The lowest BCUT2D eigenvalue weighted by molar-refractivity contribution is -0.111. The number of carbonyl (C=O) groups is 1. The smallest absolute Gasteiger partial charge is 0.249 e. The minimum atomic E-state index is -0.302. The lowest BCUT2D eigenvalue weighted by Crippen LogP contribution is -2.08. The maximum absolute atomic E-state index is 11.1.